The molecule has 9 nitrogen and oxygen atoms in total. The van der Waals surface area contributed by atoms with Crippen molar-refractivity contribution in [3.05, 3.63) is 52.9 Å². The molecule has 2 amide bonds. The maximum absolute atomic E-state index is 12.7. The molecule has 0 saturated carbocycles. The number of aromatic nitrogens is 3. The lowest BCUT2D eigenvalue weighted by Gasteiger charge is -2.21. The van der Waals surface area contributed by atoms with Gasteiger partial charge in [-0.05, 0) is 25.1 Å². The number of hydrogen-bond acceptors (Lipinski definition) is 6. The molecule has 11 heteroatoms. The largest absolute Gasteiger partial charge is 0.465 e. The van der Waals surface area contributed by atoms with E-state index in [2.05, 4.69) is 20.1 Å². The maximum Gasteiger partial charge on any atom is 0.341 e. The molecule has 1 aromatic carbocycles. The monoisotopic (exact) mass is 437 g/mol. The molecule has 1 unspecified atom stereocenters. The van der Waals surface area contributed by atoms with E-state index in [0.717, 1.165) is 4.42 Å². The average Bonchev–Trinajstić information content (AvgIpc) is 3.11. The Morgan fingerprint density at radius 1 is 1.28 bits per heavy atom. The first-order chi connectivity index (χ1) is 13.8. The van der Waals surface area contributed by atoms with Crippen LogP contribution in [0.2, 0.25) is 5.15 Å². The Balaban J connectivity index is 1.93. The summed E-state index contributed by atoms with van der Waals surface area (Å²) in [5.41, 5.74) is 1.87. The highest BCUT2D eigenvalue weighted by Crippen LogP contribution is 2.30. The molecule has 0 saturated heterocycles. The van der Waals surface area contributed by atoms with Crippen LogP contribution in [0.15, 0.2) is 36.5 Å². The zero-order valence-electron chi connectivity index (χ0n) is 15.7. The second-order valence-corrected chi connectivity index (χ2v) is 6.65. The van der Waals surface area contributed by atoms with Crippen LogP contribution in [-0.4, -0.2) is 40.8 Å². The molecule has 0 fully saturated rings. The molecule has 0 bridgehead atoms. The molecule has 0 spiro atoms. The normalized spacial score (nSPS) is 11.9. The number of benzene rings is 1. The summed E-state index contributed by atoms with van der Waals surface area (Å²) in [6, 6.07) is 7.17. The highest BCUT2D eigenvalue weighted by atomic mass is 35.5. The standard InChI is InChI=1S/C18H17Cl2N5O4/c1-10(28-2)16-13(9-21-15-8-14(19)23-25(15)16)24(20)18(27)22-12-6-4-5-11(7-12)17(26)29-3/h4-10H,1-3H3,(H,22,27). The quantitative estimate of drug-likeness (QED) is 0.477. The maximum atomic E-state index is 12.7. The number of amides is 2. The van der Waals surface area contributed by atoms with Crippen molar-refractivity contribution in [2.45, 2.75) is 13.0 Å². The van der Waals surface area contributed by atoms with Gasteiger partial charge in [0.25, 0.3) is 0 Å². The van der Waals surface area contributed by atoms with Gasteiger partial charge in [-0.15, -0.1) is 0 Å². The summed E-state index contributed by atoms with van der Waals surface area (Å²) < 4.78 is 12.4. The number of esters is 1. The van der Waals surface area contributed by atoms with Crippen LogP contribution in [0.5, 0.6) is 0 Å². The Hall–Kier alpha value is -2.88. The van der Waals surface area contributed by atoms with Gasteiger partial charge in [0.15, 0.2) is 10.8 Å². The number of hydrogen-bond donors (Lipinski definition) is 1. The number of nitrogens with one attached hydrogen (secondary N) is 1. The predicted molar refractivity (Wildman–Crippen MR) is 109 cm³/mol. The van der Waals surface area contributed by atoms with Gasteiger partial charge in [-0.2, -0.15) is 9.52 Å². The van der Waals surface area contributed by atoms with Crippen molar-refractivity contribution in [2.24, 2.45) is 0 Å². The van der Waals surface area contributed by atoms with Crippen LogP contribution in [0.25, 0.3) is 5.65 Å². The average molecular weight is 438 g/mol. The zero-order valence-corrected chi connectivity index (χ0v) is 17.2. The van der Waals surface area contributed by atoms with Crippen molar-refractivity contribution in [3.63, 3.8) is 0 Å². The minimum absolute atomic E-state index is 0.240. The van der Waals surface area contributed by atoms with Crippen molar-refractivity contribution in [2.75, 3.05) is 24.0 Å². The third-order valence-corrected chi connectivity index (χ3v) is 4.65. The minimum Gasteiger partial charge on any atom is -0.465 e. The number of nitrogens with zero attached hydrogens (tertiary/aromatic N) is 4. The number of anilines is 2. The molecule has 3 rings (SSSR count). The second kappa shape index (κ2) is 8.64. The molecular weight excluding hydrogens is 421 g/mol. The fourth-order valence-corrected chi connectivity index (χ4v) is 3.03. The lowest BCUT2D eigenvalue weighted by Crippen LogP contribution is -2.29. The van der Waals surface area contributed by atoms with Crippen LogP contribution in [0.3, 0.4) is 0 Å². The highest BCUT2D eigenvalue weighted by Gasteiger charge is 2.24. The number of carbonyl (C=O) groups is 2. The number of ether oxygens (including phenoxy) is 2. The van der Waals surface area contributed by atoms with Crippen LogP contribution in [-0.2, 0) is 9.47 Å². The Bertz CT molecular complexity index is 1070. The van der Waals surface area contributed by atoms with Gasteiger partial charge in [-0.3, -0.25) is 0 Å². The van der Waals surface area contributed by atoms with Crippen LogP contribution in [0, 0.1) is 0 Å². The number of carbonyl (C=O) groups excluding carboxylic acids is 2. The summed E-state index contributed by atoms with van der Waals surface area (Å²) in [5, 5.41) is 7.04. The van der Waals surface area contributed by atoms with Crippen molar-refractivity contribution < 1.29 is 19.1 Å². The molecule has 1 atom stereocenters. The molecule has 3 aromatic rings. The summed E-state index contributed by atoms with van der Waals surface area (Å²) in [6.07, 6.45) is 0.957. The van der Waals surface area contributed by atoms with Crippen LogP contribution in [0.4, 0.5) is 16.2 Å². The third-order valence-electron chi connectivity index (χ3n) is 4.13. The summed E-state index contributed by atoms with van der Waals surface area (Å²) in [6.45, 7) is 1.77. The van der Waals surface area contributed by atoms with Gasteiger partial charge in [-0.25, -0.2) is 19.1 Å². The van der Waals surface area contributed by atoms with Crippen molar-refractivity contribution in [1.82, 2.24) is 14.6 Å². The topological polar surface area (TPSA) is 98.1 Å². The van der Waals surface area contributed by atoms with Crippen LogP contribution < -0.4 is 9.74 Å². The summed E-state index contributed by atoms with van der Waals surface area (Å²) in [4.78, 5) is 28.6. The fraction of sp³-hybridized carbons (Fsp3) is 0.222. The van der Waals surface area contributed by atoms with Gasteiger partial charge >= 0.3 is 12.0 Å². The Morgan fingerprint density at radius 3 is 2.72 bits per heavy atom. The van der Waals surface area contributed by atoms with E-state index < -0.39 is 18.1 Å². The van der Waals surface area contributed by atoms with Crippen LogP contribution >= 0.6 is 23.4 Å². The highest BCUT2D eigenvalue weighted by molar-refractivity contribution is 6.38. The molecule has 0 aliphatic heterocycles. The van der Waals surface area contributed by atoms with E-state index in [4.69, 9.17) is 28.1 Å². The van der Waals surface area contributed by atoms with Crippen molar-refractivity contribution in [1.29, 1.82) is 0 Å². The molecule has 152 valence electrons. The minimum atomic E-state index is -0.669. The Kier molecular flexibility index (Phi) is 6.21. The SMILES string of the molecule is COC(=O)c1cccc(NC(=O)N(Cl)c2cnc3cc(Cl)nn3c2C(C)OC)c1. The smallest absolute Gasteiger partial charge is 0.341 e. The van der Waals surface area contributed by atoms with Crippen molar-refractivity contribution >= 4 is 52.4 Å². The summed E-state index contributed by atoms with van der Waals surface area (Å²) in [5.74, 6) is -0.523. The van der Waals surface area contributed by atoms with Crippen molar-refractivity contribution in [3.8, 4) is 0 Å². The molecule has 2 heterocycles. The molecule has 0 aliphatic rings. The first-order valence-corrected chi connectivity index (χ1v) is 9.09. The molecule has 1 N–H and O–H groups in total. The number of fused-ring (bicyclic) bond motifs is 1. The third kappa shape index (κ3) is 4.26. The van der Waals surface area contributed by atoms with E-state index in [0.29, 0.717) is 17.0 Å². The fourth-order valence-electron chi connectivity index (χ4n) is 2.68. The number of rotatable bonds is 5. The van der Waals surface area contributed by atoms with E-state index in [9.17, 15) is 9.59 Å². The Labute approximate surface area is 176 Å². The second-order valence-electron chi connectivity index (χ2n) is 5.93. The molecular formula is C18H17Cl2N5O4. The number of halogens is 2. The predicted octanol–water partition coefficient (Wildman–Crippen LogP) is 4.07. The van der Waals surface area contributed by atoms with E-state index >= 15 is 0 Å². The number of urea groups is 1. The van der Waals surface area contributed by atoms with Gasteiger partial charge in [0.1, 0.15) is 5.69 Å². The van der Waals surface area contributed by atoms with E-state index in [1.165, 1.54) is 31.0 Å². The number of methoxy groups -OCH3 is 2. The molecule has 0 aliphatic carbocycles. The first-order valence-electron chi connectivity index (χ1n) is 8.38. The van der Waals surface area contributed by atoms with Gasteiger partial charge in [-0.1, -0.05) is 17.7 Å². The van der Waals surface area contributed by atoms with Crippen LogP contribution in [0.1, 0.15) is 29.1 Å². The van der Waals surface area contributed by atoms with E-state index in [1.807, 2.05) is 0 Å². The molecule has 29 heavy (non-hydrogen) atoms. The van der Waals surface area contributed by atoms with Gasteiger partial charge in [0.2, 0.25) is 0 Å². The first kappa shape index (κ1) is 20.8. The lowest BCUT2D eigenvalue weighted by atomic mass is 10.2. The van der Waals surface area contributed by atoms with E-state index in [-0.39, 0.29) is 16.4 Å². The summed E-state index contributed by atoms with van der Waals surface area (Å²) in [7, 11) is 2.79. The van der Waals surface area contributed by atoms with Gasteiger partial charge in [0, 0.05) is 30.6 Å². The van der Waals surface area contributed by atoms with E-state index in [1.54, 1.807) is 31.2 Å². The zero-order chi connectivity index (χ0) is 21.1. The summed E-state index contributed by atoms with van der Waals surface area (Å²) >= 11 is 12.3. The van der Waals surface area contributed by atoms with Gasteiger partial charge < -0.3 is 14.8 Å². The van der Waals surface area contributed by atoms with Gasteiger partial charge in [0.05, 0.1) is 30.7 Å². The molecule has 0 radical (unpaired) electrons. The lowest BCUT2D eigenvalue weighted by molar-refractivity contribution is 0.0600. The molecule has 2 aromatic heterocycles. The Morgan fingerprint density at radius 2 is 2.03 bits per heavy atom.